The highest BCUT2D eigenvalue weighted by Crippen LogP contribution is 2.31. The molecule has 2 atom stereocenters. The Kier molecular flexibility index (Phi) is 7.79. The molecule has 3 rings (SSSR count). The van der Waals surface area contributed by atoms with E-state index in [0.29, 0.717) is 21.4 Å². The zero-order valence-electron chi connectivity index (χ0n) is 17.3. The van der Waals surface area contributed by atoms with Gasteiger partial charge in [-0.3, -0.25) is 14.9 Å². The quantitative estimate of drug-likeness (QED) is 0.450. The monoisotopic (exact) mass is 477 g/mol. The maximum Gasteiger partial charge on any atom is 0.327 e. The summed E-state index contributed by atoms with van der Waals surface area (Å²) in [6.45, 7) is 1.73. The summed E-state index contributed by atoms with van der Waals surface area (Å²) < 4.78 is 6.06. The van der Waals surface area contributed by atoms with Gasteiger partial charge in [0.05, 0.1) is 29.6 Å². The molecule has 168 valence electrons. The van der Waals surface area contributed by atoms with Crippen LogP contribution >= 0.6 is 23.2 Å². The van der Waals surface area contributed by atoms with Crippen LogP contribution in [0.1, 0.15) is 41.0 Å². The van der Waals surface area contributed by atoms with Crippen molar-refractivity contribution in [3.8, 4) is 0 Å². The number of esters is 1. The number of methoxy groups -OCH3 is 1. The van der Waals surface area contributed by atoms with E-state index in [0.717, 1.165) is 11.1 Å². The van der Waals surface area contributed by atoms with Crippen molar-refractivity contribution in [2.24, 2.45) is 0 Å². The summed E-state index contributed by atoms with van der Waals surface area (Å²) >= 11 is 12.2. The van der Waals surface area contributed by atoms with Gasteiger partial charge in [-0.05, 0) is 46.2 Å². The summed E-state index contributed by atoms with van der Waals surface area (Å²) in [5.41, 5.74) is 2.39. The van der Waals surface area contributed by atoms with Crippen molar-refractivity contribution >= 4 is 35.1 Å². The number of hydrogen-bond acceptors (Lipinski definition) is 7. The second-order valence-electron chi connectivity index (χ2n) is 7.05. The van der Waals surface area contributed by atoms with E-state index in [1.807, 2.05) is 31.2 Å². The zero-order chi connectivity index (χ0) is 23.3. The first-order valence-electron chi connectivity index (χ1n) is 9.61. The second kappa shape index (κ2) is 10.5. The summed E-state index contributed by atoms with van der Waals surface area (Å²) in [6.07, 6.45) is -0.237. The molecule has 0 spiro atoms. The number of halogens is 2. The average Bonchev–Trinajstić information content (AvgIpc) is 3.21. The van der Waals surface area contributed by atoms with Gasteiger partial charge in [-0.2, -0.15) is 0 Å². The van der Waals surface area contributed by atoms with Crippen LogP contribution in [0.15, 0.2) is 42.5 Å². The van der Waals surface area contributed by atoms with E-state index in [2.05, 4.69) is 20.8 Å². The Balaban J connectivity index is 2.07. The van der Waals surface area contributed by atoms with Crippen molar-refractivity contribution < 1.29 is 19.4 Å². The Bertz CT molecular complexity index is 1120. The van der Waals surface area contributed by atoms with Gasteiger partial charge in [-0.25, -0.2) is 4.68 Å². The van der Waals surface area contributed by atoms with Gasteiger partial charge in [0.25, 0.3) is 0 Å². The Morgan fingerprint density at radius 1 is 1.19 bits per heavy atom. The van der Waals surface area contributed by atoms with Crippen LogP contribution in [0, 0.1) is 6.92 Å². The van der Waals surface area contributed by atoms with Crippen molar-refractivity contribution in [2.75, 3.05) is 7.11 Å². The van der Waals surface area contributed by atoms with E-state index in [4.69, 9.17) is 27.9 Å². The van der Waals surface area contributed by atoms with Crippen LogP contribution in [0.2, 0.25) is 10.0 Å². The van der Waals surface area contributed by atoms with Gasteiger partial charge in [0.2, 0.25) is 0 Å². The van der Waals surface area contributed by atoms with Crippen molar-refractivity contribution in [3.63, 3.8) is 0 Å². The number of carboxylic acid groups (broad SMARTS) is 1. The summed E-state index contributed by atoms with van der Waals surface area (Å²) in [4.78, 5) is 23.5. The van der Waals surface area contributed by atoms with Crippen LogP contribution in [0.4, 0.5) is 0 Å². The number of carbonyl (C=O) groups excluding carboxylic acids is 1. The molecule has 1 aromatic heterocycles. The molecule has 2 unspecified atom stereocenters. The highest BCUT2D eigenvalue weighted by molar-refractivity contribution is 6.42. The predicted octanol–water partition coefficient (Wildman–Crippen LogP) is 3.36. The molecule has 0 saturated carbocycles. The van der Waals surface area contributed by atoms with E-state index >= 15 is 0 Å². The molecule has 0 aliphatic rings. The van der Waals surface area contributed by atoms with Crippen molar-refractivity contribution in [1.29, 1.82) is 0 Å². The third kappa shape index (κ3) is 5.61. The summed E-state index contributed by atoms with van der Waals surface area (Å²) in [7, 11) is 1.27. The average molecular weight is 478 g/mol. The first-order valence-corrected chi connectivity index (χ1v) is 10.4. The number of hydrogen-bond donors (Lipinski definition) is 2. The summed E-state index contributed by atoms with van der Waals surface area (Å²) in [5.74, 6) is -1.19. The second-order valence-corrected chi connectivity index (χ2v) is 7.87. The smallest absolute Gasteiger partial charge is 0.327 e. The zero-order valence-corrected chi connectivity index (χ0v) is 18.8. The van der Waals surface area contributed by atoms with Crippen LogP contribution in [0.3, 0.4) is 0 Å². The highest BCUT2D eigenvalue weighted by Gasteiger charge is 2.28. The molecule has 0 amide bonds. The molecule has 2 N–H and O–H groups in total. The minimum absolute atomic E-state index is 0.195. The number of carboxylic acids is 1. The molecular weight excluding hydrogens is 457 g/mol. The van der Waals surface area contributed by atoms with E-state index in [-0.39, 0.29) is 13.0 Å². The van der Waals surface area contributed by atoms with Crippen LogP contribution in [-0.2, 0) is 20.9 Å². The summed E-state index contributed by atoms with van der Waals surface area (Å²) in [5, 5.41) is 25.3. The standard InChI is InChI=1S/C21H21Cl2N5O4/c1-12-5-3-4-6-14(12)20(21-25-26-27-28(21)11-19(31)32-2)24-17(10-18(29)30)13-7-8-15(22)16(23)9-13/h3-9,17,20,24H,10-11H2,1-2H3,(H,29,30). The molecule has 0 radical (unpaired) electrons. The minimum atomic E-state index is -1.01. The Labute approximate surface area is 194 Å². The lowest BCUT2D eigenvalue weighted by atomic mass is 9.97. The van der Waals surface area contributed by atoms with Gasteiger partial charge in [0.1, 0.15) is 6.54 Å². The van der Waals surface area contributed by atoms with Crippen LogP contribution in [0.25, 0.3) is 0 Å². The number of nitrogens with one attached hydrogen (secondary N) is 1. The molecule has 11 heteroatoms. The number of aryl methyl sites for hydroxylation is 1. The molecule has 0 aliphatic carbocycles. The highest BCUT2D eigenvalue weighted by atomic mass is 35.5. The maximum absolute atomic E-state index is 11.9. The third-order valence-corrected chi connectivity index (χ3v) is 5.66. The number of nitrogens with zero attached hydrogens (tertiary/aromatic N) is 4. The lowest BCUT2D eigenvalue weighted by molar-refractivity contribution is -0.141. The van der Waals surface area contributed by atoms with Gasteiger partial charge < -0.3 is 9.84 Å². The van der Waals surface area contributed by atoms with E-state index in [1.165, 1.54) is 11.8 Å². The lowest BCUT2D eigenvalue weighted by Crippen LogP contribution is -2.32. The number of aliphatic carboxylic acids is 1. The van der Waals surface area contributed by atoms with E-state index < -0.39 is 24.0 Å². The maximum atomic E-state index is 11.9. The van der Waals surface area contributed by atoms with Crippen molar-refractivity contribution in [3.05, 3.63) is 75.0 Å². The molecule has 0 bridgehead atoms. The topological polar surface area (TPSA) is 119 Å². The molecular formula is C21H21Cl2N5O4. The number of aromatic nitrogens is 4. The number of carbonyl (C=O) groups is 2. The van der Waals surface area contributed by atoms with Crippen molar-refractivity contribution in [2.45, 2.75) is 32.0 Å². The van der Waals surface area contributed by atoms with Crippen LogP contribution in [0.5, 0.6) is 0 Å². The molecule has 32 heavy (non-hydrogen) atoms. The number of benzene rings is 2. The fourth-order valence-corrected chi connectivity index (χ4v) is 3.62. The van der Waals surface area contributed by atoms with Gasteiger partial charge >= 0.3 is 11.9 Å². The van der Waals surface area contributed by atoms with Crippen molar-refractivity contribution in [1.82, 2.24) is 25.5 Å². The number of ether oxygens (including phenoxy) is 1. The van der Waals surface area contributed by atoms with Crippen LogP contribution < -0.4 is 5.32 Å². The molecule has 0 fully saturated rings. The van der Waals surface area contributed by atoms with Gasteiger partial charge in [0, 0.05) is 6.04 Å². The molecule has 1 heterocycles. The first-order chi connectivity index (χ1) is 15.3. The van der Waals surface area contributed by atoms with Gasteiger partial charge in [-0.1, -0.05) is 53.5 Å². The van der Waals surface area contributed by atoms with E-state index in [9.17, 15) is 14.7 Å². The number of tetrazole rings is 1. The molecule has 2 aromatic carbocycles. The third-order valence-electron chi connectivity index (χ3n) is 4.92. The van der Waals surface area contributed by atoms with Crippen LogP contribution in [-0.4, -0.2) is 44.4 Å². The lowest BCUT2D eigenvalue weighted by Gasteiger charge is -2.26. The minimum Gasteiger partial charge on any atom is -0.481 e. The number of rotatable bonds is 9. The Morgan fingerprint density at radius 2 is 1.94 bits per heavy atom. The normalized spacial score (nSPS) is 12.9. The molecule has 9 nitrogen and oxygen atoms in total. The largest absolute Gasteiger partial charge is 0.481 e. The summed E-state index contributed by atoms with van der Waals surface area (Å²) in [6, 6.07) is 11.2. The molecule has 0 aliphatic heterocycles. The SMILES string of the molecule is COC(=O)Cn1nnnc1C(NC(CC(=O)O)c1ccc(Cl)c(Cl)c1)c1ccccc1C. The molecule has 0 saturated heterocycles. The Morgan fingerprint density at radius 3 is 2.59 bits per heavy atom. The van der Waals surface area contributed by atoms with Gasteiger partial charge in [-0.15, -0.1) is 5.10 Å². The molecule has 3 aromatic rings. The first kappa shape index (κ1) is 23.6. The van der Waals surface area contributed by atoms with E-state index in [1.54, 1.807) is 18.2 Å². The fraction of sp³-hybridized carbons (Fsp3) is 0.286. The Hall–Kier alpha value is -3.01. The van der Waals surface area contributed by atoms with Gasteiger partial charge in [0.15, 0.2) is 5.82 Å². The predicted molar refractivity (Wildman–Crippen MR) is 117 cm³/mol. The fourth-order valence-electron chi connectivity index (χ4n) is 3.31.